The van der Waals surface area contributed by atoms with Crippen molar-refractivity contribution in [3.8, 4) is 0 Å². The zero-order valence-electron chi connectivity index (χ0n) is 52.8. The molecule has 6 heteroatoms. The molecule has 0 bridgehead atoms. The molecule has 460 valence electrons. The van der Waals surface area contributed by atoms with E-state index in [-0.39, 0.29) is 31.1 Å². The molecule has 80 heavy (non-hydrogen) atoms. The van der Waals surface area contributed by atoms with Gasteiger partial charge >= 0.3 is 17.9 Å². The van der Waals surface area contributed by atoms with E-state index < -0.39 is 6.10 Å². The second-order valence-electron chi connectivity index (χ2n) is 22.7. The number of allylic oxidation sites excluding steroid dienone is 16. The van der Waals surface area contributed by atoms with Crippen LogP contribution in [0.3, 0.4) is 0 Å². The van der Waals surface area contributed by atoms with E-state index in [4.69, 9.17) is 14.2 Å². The second kappa shape index (κ2) is 67.8. The van der Waals surface area contributed by atoms with Crippen LogP contribution in [0.15, 0.2) is 97.2 Å². The number of hydrogen-bond donors (Lipinski definition) is 0. The van der Waals surface area contributed by atoms with Gasteiger partial charge in [-0.25, -0.2) is 0 Å². The molecule has 0 aromatic carbocycles. The number of hydrogen-bond acceptors (Lipinski definition) is 6. The van der Waals surface area contributed by atoms with E-state index in [9.17, 15) is 14.4 Å². The molecule has 0 N–H and O–H groups in total. The Kier molecular flexibility index (Phi) is 64.7. The Bertz CT molecular complexity index is 1560. The summed E-state index contributed by atoms with van der Waals surface area (Å²) in [4.78, 5) is 38.4. The molecule has 1 atom stereocenters. The van der Waals surface area contributed by atoms with Gasteiger partial charge in [0.25, 0.3) is 0 Å². The van der Waals surface area contributed by atoms with E-state index in [0.29, 0.717) is 19.3 Å². The van der Waals surface area contributed by atoms with Gasteiger partial charge in [-0.05, 0) is 122 Å². The predicted octanol–water partition coefficient (Wildman–Crippen LogP) is 23.6. The van der Waals surface area contributed by atoms with Crippen molar-refractivity contribution in [1.29, 1.82) is 0 Å². The zero-order valence-corrected chi connectivity index (χ0v) is 52.8. The molecule has 0 aliphatic heterocycles. The van der Waals surface area contributed by atoms with Crippen LogP contribution in [0.25, 0.3) is 0 Å². The van der Waals surface area contributed by atoms with E-state index in [1.807, 2.05) is 0 Å². The third-order valence-corrected chi connectivity index (χ3v) is 14.8. The van der Waals surface area contributed by atoms with Crippen LogP contribution >= 0.6 is 0 Å². The molecule has 0 saturated heterocycles. The maximum atomic E-state index is 12.9. The van der Waals surface area contributed by atoms with Crippen LogP contribution in [0.5, 0.6) is 0 Å². The highest BCUT2D eigenvalue weighted by atomic mass is 16.6. The lowest BCUT2D eigenvalue weighted by atomic mass is 10.0. The van der Waals surface area contributed by atoms with Crippen LogP contribution in [0.2, 0.25) is 0 Å². The van der Waals surface area contributed by atoms with E-state index >= 15 is 0 Å². The molecule has 0 heterocycles. The minimum absolute atomic E-state index is 0.0830. The van der Waals surface area contributed by atoms with Gasteiger partial charge in [0.05, 0.1) is 0 Å². The first kappa shape index (κ1) is 76.3. The highest BCUT2D eigenvalue weighted by Gasteiger charge is 2.19. The third-order valence-electron chi connectivity index (χ3n) is 14.8. The Balaban J connectivity index is 4.28. The minimum Gasteiger partial charge on any atom is -0.462 e. The van der Waals surface area contributed by atoms with Gasteiger partial charge in [0.15, 0.2) is 6.10 Å². The molecule has 0 saturated carbocycles. The van der Waals surface area contributed by atoms with E-state index in [1.54, 1.807) is 0 Å². The molecule has 0 aliphatic rings. The molecule has 0 aromatic heterocycles. The zero-order chi connectivity index (χ0) is 57.8. The normalized spacial score (nSPS) is 12.7. The van der Waals surface area contributed by atoms with Crippen molar-refractivity contribution in [3.63, 3.8) is 0 Å². The van der Waals surface area contributed by atoms with Gasteiger partial charge in [0.1, 0.15) is 13.2 Å². The molecule has 1 unspecified atom stereocenters. The summed E-state index contributed by atoms with van der Waals surface area (Å²) in [5.41, 5.74) is 0. The highest BCUT2D eigenvalue weighted by molar-refractivity contribution is 5.71. The molecular formula is C74H128O6. The Morgan fingerprint density at radius 1 is 0.263 bits per heavy atom. The van der Waals surface area contributed by atoms with E-state index in [2.05, 4.69) is 118 Å². The Morgan fingerprint density at radius 2 is 0.487 bits per heavy atom. The Hall–Kier alpha value is -3.67. The summed E-state index contributed by atoms with van der Waals surface area (Å²) >= 11 is 0. The molecule has 6 nitrogen and oxygen atoms in total. The van der Waals surface area contributed by atoms with Crippen molar-refractivity contribution >= 4 is 17.9 Å². The molecule has 0 radical (unpaired) electrons. The summed E-state index contributed by atoms with van der Waals surface area (Å²) in [6.07, 6.45) is 91.4. The van der Waals surface area contributed by atoms with Crippen LogP contribution in [-0.4, -0.2) is 37.2 Å². The predicted molar refractivity (Wildman–Crippen MR) is 348 cm³/mol. The number of ether oxygens (including phenoxy) is 3. The third kappa shape index (κ3) is 65.1. The van der Waals surface area contributed by atoms with Gasteiger partial charge < -0.3 is 14.2 Å². The van der Waals surface area contributed by atoms with Crippen LogP contribution in [0.4, 0.5) is 0 Å². The van der Waals surface area contributed by atoms with Gasteiger partial charge in [0.2, 0.25) is 0 Å². The minimum atomic E-state index is -0.789. The van der Waals surface area contributed by atoms with Crippen LogP contribution in [0.1, 0.15) is 335 Å². The fourth-order valence-corrected chi connectivity index (χ4v) is 9.67. The van der Waals surface area contributed by atoms with Crippen LogP contribution in [-0.2, 0) is 28.6 Å². The molecule has 0 aromatic rings. The van der Waals surface area contributed by atoms with Crippen molar-refractivity contribution in [2.75, 3.05) is 13.2 Å². The van der Waals surface area contributed by atoms with E-state index in [0.717, 1.165) is 116 Å². The fraction of sp³-hybridized carbons (Fsp3) is 0.743. The van der Waals surface area contributed by atoms with Crippen LogP contribution < -0.4 is 0 Å². The van der Waals surface area contributed by atoms with Crippen molar-refractivity contribution in [1.82, 2.24) is 0 Å². The first-order valence-electron chi connectivity index (χ1n) is 34.2. The number of esters is 3. The molecule has 0 rings (SSSR count). The van der Waals surface area contributed by atoms with Gasteiger partial charge in [-0.15, -0.1) is 0 Å². The van der Waals surface area contributed by atoms with Crippen molar-refractivity contribution < 1.29 is 28.6 Å². The average molecular weight is 1110 g/mol. The number of carbonyl (C=O) groups excluding carboxylic acids is 3. The standard InChI is InChI=1S/C74H128O6/c1-4-7-10-13-16-19-22-25-28-30-32-33-34-35-36-37-38-39-40-41-42-44-46-49-52-55-58-61-64-67-73(76)79-70-71(69-78-72(75)66-63-60-57-54-51-48-45-27-24-21-18-15-12-9-6-3)80-74(77)68-65-62-59-56-53-50-47-43-31-29-26-23-20-17-14-11-8-5-2/h7,10,16,18-21,23,25,27-29,31-33,45,71H,4-6,8-9,11-15,17,22,24,26,30,34-44,46-70H2,1-3H3/b10-7-,19-16-,21-18-,23-20-,28-25-,31-29-,33-32-,45-27-. The van der Waals surface area contributed by atoms with E-state index in [1.165, 1.54) is 180 Å². The summed E-state index contributed by atoms with van der Waals surface area (Å²) in [6, 6.07) is 0. The average Bonchev–Trinajstić information content (AvgIpc) is 3.46. The quantitative estimate of drug-likeness (QED) is 0.0261. The molecule has 0 spiro atoms. The van der Waals surface area contributed by atoms with Crippen molar-refractivity contribution in [2.24, 2.45) is 0 Å². The van der Waals surface area contributed by atoms with Gasteiger partial charge in [0, 0.05) is 19.3 Å². The Morgan fingerprint density at radius 3 is 0.787 bits per heavy atom. The van der Waals surface area contributed by atoms with Gasteiger partial charge in [-0.2, -0.15) is 0 Å². The Labute approximate surface area is 496 Å². The van der Waals surface area contributed by atoms with Crippen molar-refractivity contribution in [2.45, 2.75) is 341 Å². The molecule has 0 aliphatic carbocycles. The summed E-state index contributed by atoms with van der Waals surface area (Å²) in [6.45, 7) is 6.50. The fourth-order valence-electron chi connectivity index (χ4n) is 9.67. The summed E-state index contributed by atoms with van der Waals surface area (Å²) in [5.74, 6) is -0.891. The monoisotopic (exact) mass is 1110 g/mol. The summed E-state index contributed by atoms with van der Waals surface area (Å²) in [5, 5.41) is 0. The number of carbonyl (C=O) groups is 3. The highest BCUT2D eigenvalue weighted by Crippen LogP contribution is 2.17. The lowest BCUT2D eigenvalue weighted by Gasteiger charge is -2.18. The first-order valence-corrected chi connectivity index (χ1v) is 34.2. The largest absolute Gasteiger partial charge is 0.462 e. The van der Waals surface area contributed by atoms with Crippen molar-refractivity contribution in [3.05, 3.63) is 97.2 Å². The SMILES string of the molecule is CC/C=C\C/C=C\C/C=C\C/C=C\CCCCCCCCCCCCCCCCCCC(=O)OCC(COC(=O)CCCCCCC/C=C\C/C=C\CCCCC)OC(=O)CCCCCCCCC/C=C\C/C=C\CCCCCC. The molecule has 0 fully saturated rings. The summed E-state index contributed by atoms with van der Waals surface area (Å²) in [7, 11) is 0. The van der Waals surface area contributed by atoms with Crippen LogP contribution in [0, 0.1) is 0 Å². The van der Waals surface area contributed by atoms with Gasteiger partial charge in [-0.3, -0.25) is 14.4 Å². The molecule has 0 amide bonds. The smallest absolute Gasteiger partial charge is 0.306 e. The second-order valence-corrected chi connectivity index (χ2v) is 22.7. The summed E-state index contributed by atoms with van der Waals surface area (Å²) < 4.78 is 17.0. The lowest BCUT2D eigenvalue weighted by Crippen LogP contribution is -2.30. The lowest BCUT2D eigenvalue weighted by molar-refractivity contribution is -0.167. The maximum absolute atomic E-state index is 12.9. The topological polar surface area (TPSA) is 78.9 Å². The maximum Gasteiger partial charge on any atom is 0.306 e. The number of unbranched alkanes of at least 4 members (excludes halogenated alkanes) is 35. The first-order chi connectivity index (χ1) is 39.5. The molecular weight excluding hydrogens is 985 g/mol. The van der Waals surface area contributed by atoms with Gasteiger partial charge in [-0.1, -0.05) is 291 Å². The number of rotatable bonds is 62.